The minimum Gasteiger partial charge on any atom is -0.468 e. The number of likely N-dealkylation sites (tertiary alicyclic amines) is 1. The molecular formula is C15H25N3O3. The number of nitrogens with two attached hydrogens (primary N) is 1. The molecule has 1 aromatic heterocycles. The first kappa shape index (κ1) is 16.0. The lowest BCUT2D eigenvalue weighted by Crippen LogP contribution is -2.38. The summed E-state index contributed by atoms with van der Waals surface area (Å²) in [5.74, 6) is 0.863. The van der Waals surface area contributed by atoms with Gasteiger partial charge in [0.2, 0.25) is 5.91 Å². The van der Waals surface area contributed by atoms with E-state index in [1.165, 1.54) is 12.8 Å². The lowest BCUT2D eigenvalue weighted by atomic mass is 10.2. The van der Waals surface area contributed by atoms with E-state index in [-0.39, 0.29) is 24.5 Å². The second kappa shape index (κ2) is 8.17. The van der Waals surface area contributed by atoms with Crippen LogP contribution in [-0.4, -0.2) is 50.2 Å². The van der Waals surface area contributed by atoms with Crippen molar-refractivity contribution in [2.75, 3.05) is 33.3 Å². The third-order valence-corrected chi connectivity index (χ3v) is 3.95. The number of hydrogen-bond acceptors (Lipinski definition) is 5. The number of carbonyl (C=O) groups excluding carboxylic acids is 1. The van der Waals surface area contributed by atoms with E-state index < -0.39 is 0 Å². The van der Waals surface area contributed by atoms with Crippen molar-refractivity contribution < 1.29 is 13.9 Å². The van der Waals surface area contributed by atoms with Crippen LogP contribution in [0.25, 0.3) is 0 Å². The molecule has 2 heterocycles. The molecule has 0 radical (unpaired) electrons. The summed E-state index contributed by atoms with van der Waals surface area (Å²) in [6.45, 7) is 2.99. The minimum absolute atomic E-state index is 0.0388. The van der Waals surface area contributed by atoms with Gasteiger partial charge in [-0.3, -0.25) is 9.69 Å². The molecule has 0 aromatic carbocycles. The fourth-order valence-corrected chi connectivity index (χ4v) is 2.70. The second-order valence-electron chi connectivity index (χ2n) is 5.38. The van der Waals surface area contributed by atoms with Crippen LogP contribution in [0.5, 0.6) is 0 Å². The maximum Gasteiger partial charge on any atom is 0.222 e. The van der Waals surface area contributed by atoms with Crippen molar-refractivity contribution in [3.63, 3.8) is 0 Å². The summed E-state index contributed by atoms with van der Waals surface area (Å²) in [4.78, 5) is 14.3. The standard InChI is InChI=1S/C15H25N3O3/c1-20-12(10-16)9-15(19)17-11-13(14-5-4-8-21-14)18-6-2-3-7-18/h4-5,8,12-13H,2-3,6-7,9-11,16H2,1H3,(H,17,19). The topological polar surface area (TPSA) is 80.7 Å². The highest BCUT2D eigenvalue weighted by molar-refractivity contribution is 5.76. The van der Waals surface area contributed by atoms with Crippen molar-refractivity contribution in [1.29, 1.82) is 0 Å². The molecule has 0 bridgehead atoms. The molecule has 0 aliphatic carbocycles. The van der Waals surface area contributed by atoms with Crippen LogP contribution in [0.2, 0.25) is 0 Å². The maximum atomic E-state index is 12.0. The van der Waals surface area contributed by atoms with Gasteiger partial charge in [-0.2, -0.15) is 0 Å². The van der Waals surface area contributed by atoms with Crippen LogP contribution in [0.1, 0.15) is 31.1 Å². The molecule has 2 rings (SSSR count). The van der Waals surface area contributed by atoms with Crippen LogP contribution in [-0.2, 0) is 9.53 Å². The summed E-state index contributed by atoms with van der Waals surface area (Å²) in [7, 11) is 1.57. The van der Waals surface area contributed by atoms with Gasteiger partial charge in [-0.1, -0.05) is 0 Å². The predicted octanol–water partition coefficient (Wildman–Crippen LogP) is 0.897. The quantitative estimate of drug-likeness (QED) is 0.744. The number of rotatable bonds is 8. The zero-order chi connectivity index (χ0) is 15.1. The van der Waals surface area contributed by atoms with Gasteiger partial charge in [0.25, 0.3) is 0 Å². The molecule has 1 fully saturated rings. The van der Waals surface area contributed by atoms with E-state index in [1.807, 2.05) is 12.1 Å². The number of methoxy groups -OCH3 is 1. The highest BCUT2D eigenvalue weighted by atomic mass is 16.5. The third-order valence-electron chi connectivity index (χ3n) is 3.95. The molecule has 1 aromatic rings. The second-order valence-corrected chi connectivity index (χ2v) is 5.38. The van der Waals surface area contributed by atoms with E-state index in [0.717, 1.165) is 18.8 Å². The number of nitrogens with zero attached hydrogens (tertiary/aromatic N) is 1. The van der Waals surface area contributed by atoms with Gasteiger partial charge in [0.05, 0.1) is 24.8 Å². The average molecular weight is 295 g/mol. The first-order valence-corrected chi connectivity index (χ1v) is 7.51. The highest BCUT2D eigenvalue weighted by Crippen LogP contribution is 2.24. The Morgan fingerprint density at radius 3 is 2.86 bits per heavy atom. The van der Waals surface area contributed by atoms with Crippen molar-refractivity contribution in [3.05, 3.63) is 24.2 Å². The minimum atomic E-state index is -0.223. The van der Waals surface area contributed by atoms with Crippen molar-refractivity contribution in [3.8, 4) is 0 Å². The Bertz CT molecular complexity index is 412. The van der Waals surface area contributed by atoms with E-state index in [4.69, 9.17) is 14.9 Å². The van der Waals surface area contributed by atoms with Gasteiger partial charge in [0.15, 0.2) is 0 Å². The summed E-state index contributed by atoms with van der Waals surface area (Å²) in [5.41, 5.74) is 5.54. The number of carbonyl (C=O) groups is 1. The lowest BCUT2D eigenvalue weighted by molar-refractivity contribution is -0.123. The fourth-order valence-electron chi connectivity index (χ4n) is 2.70. The van der Waals surface area contributed by atoms with Crippen LogP contribution >= 0.6 is 0 Å². The van der Waals surface area contributed by atoms with Crippen molar-refractivity contribution in [1.82, 2.24) is 10.2 Å². The molecule has 1 saturated heterocycles. The molecule has 3 N–H and O–H groups in total. The highest BCUT2D eigenvalue weighted by Gasteiger charge is 2.26. The van der Waals surface area contributed by atoms with Crippen LogP contribution in [0.3, 0.4) is 0 Å². The lowest BCUT2D eigenvalue weighted by Gasteiger charge is -2.26. The molecule has 6 nitrogen and oxygen atoms in total. The van der Waals surface area contributed by atoms with Gasteiger partial charge in [-0.25, -0.2) is 0 Å². The van der Waals surface area contributed by atoms with E-state index in [9.17, 15) is 4.79 Å². The molecule has 1 aliphatic rings. The third kappa shape index (κ3) is 4.56. The van der Waals surface area contributed by atoms with E-state index in [1.54, 1.807) is 13.4 Å². The fraction of sp³-hybridized carbons (Fsp3) is 0.667. The Balaban J connectivity index is 1.88. The molecule has 1 amide bonds. The van der Waals surface area contributed by atoms with Crippen LogP contribution < -0.4 is 11.1 Å². The molecular weight excluding hydrogens is 270 g/mol. The predicted molar refractivity (Wildman–Crippen MR) is 79.7 cm³/mol. The van der Waals surface area contributed by atoms with Crippen molar-refractivity contribution in [2.24, 2.45) is 5.73 Å². The van der Waals surface area contributed by atoms with E-state index >= 15 is 0 Å². The zero-order valence-electron chi connectivity index (χ0n) is 12.6. The van der Waals surface area contributed by atoms with Gasteiger partial charge in [-0.15, -0.1) is 0 Å². The number of nitrogens with one attached hydrogen (secondary N) is 1. The first-order valence-electron chi connectivity index (χ1n) is 7.51. The van der Waals surface area contributed by atoms with E-state index in [2.05, 4.69) is 10.2 Å². The molecule has 2 unspecified atom stereocenters. The Morgan fingerprint density at radius 1 is 1.52 bits per heavy atom. The summed E-state index contributed by atoms with van der Waals surface area (Å²) in [6.07, 6.45) is 4.14. The number of furan rings is 1. The van der Waals surface area contributed by atoms with Crippen LogP contribution in [0, 0.1) is 0 Å². The van der Waals surface area contributed by atoms with Crippen molar-refractivity contribution >= 4 is 5.91 Å². The SMILES string of the molecule is COC(CN)CC(=O)NCC(c1ccco1)N1CCCC1. The largest absolute Gasteiger partial charge is 0.468 e. The average Bonchev–Trinajstić information content (AvgIpc) is 3.18. The zero-order valence-corrected chi connectivity index (χ0v) is 12.6. The van der Waals surface area contributed by atoms with Gasteiger partial charge < -0.3 is 20.2 Å². The molecule has 0 spiro atoms. The number of ether oxygens (including phenoxy) is 1. The molecule has 21 heavy (non-hydrogen) atoms. The van der Waals surface area contributed by atoms with Crippen LogP contribution in [0.15, 0.2) is 22.8 Å². The Labute approximate surface area is 125 Å². The molecule has 1 aliphatic heterocycles. The Kier molecular flexibility index (Phi) is 6.22. The van der Waals surface area contributed by atoms with Gasteiger partial charge in [0.1, 0.15) is 5.76 Å². The summed E-state index contributed by atoms with van der Waals surface area (Å²) < 4.78 is 10.7. The summed E-state index contributed by atoms with van der Waals surface area (Å²) in [5, 5.41) is 2.97. The first-order chi connectivity index (χ1) is 10.2. The smallest absolute Gasteiger partial charge is 0.222 e. The van der Waals surface area contributed by atoms with Gasteiger partial charge in [0, 0.05) is 20.2 Å². The molecule has 0 saturated carbocycles. The molecule has 2 atom stereocenters. The van der Waals surface area contributed by atoms with Crippen LogP contribution in [0.4, 0.5) is 0 Å². The number of amides is 1. The maximum absolute atomic E-state index is 12.0. The number of hydrogen-bond donors (Lipinski definition) is 2. The van der Waals surface area contributed by atoms with E-state index in [0.29, 0.717) is 13.1 Å². The summed E-state index contributed by atoms with van der Waals surface area (Å²) >= 11 is 0. The van der Waals surface area contributed by atoms with Crippen molar-refractivity contribution in [2.45, 2.75) is 31.4 Å². The monoisotopic (exact) mass is 295 g/mol. The molecule has 6 heteroatoms. The molecule has 118 valence electrons. The van der Waals surface area contributed by atoms with Gasteiger partial charge >= 0.3 is 0 Å². The summed E-state index contributed by atoms with van der Waals surface area (Å²) in [6, 6.07) is 3.95. The van der Waals surface area contributed by atoms with Gasteiger partial charge in [-0.05, 0) is 38.1 Å². The Morgan fingerprint density at radius 2 is 2.29 bits per heavy atom. The normalized spacial score (nSPS) is 18.6. The Hall–Kier alpha value is -1.37.